The quantitative estimate of drug-likeness (QED) is 0.799. The van der Waals surface area contributed by atoms with Crippen molar-refractivity contribution in [2.75, 3.05) is 4.90 Å². The molecule has 0 saturated carbocycles. The number of primary amides is 1. The Morgan fingerprint density at radius 3 is 2.20 bits per heavy atom. The highest BCUT2D eigenvalue weighted by atomic mass is 16.2. The van der Waals surface area contributed by atoms with Gasteiger partial charge >= 0.3 is 0 Å². The van der Waals surface area contributed by atoms with E-state index in [0.717, 1.165) is 0 Å². The van der Waals surface area contributed by atoms with E-state index in [2.05, 4.69) is 0 Å². The van der Waals surface area contributed by atoms with Crippen molar-refractivity contribution in [1.82, 2.24) is 0 Å². The Bertz CT molecular complexity index is 362. The van der Waals surface area contributed by atoms with Gasteiger partial charge in [0.2, 0.25) is 11.8 Å². The predicted octanol–water partition coefficient (Wildman–Crippen LogP) is 0.913. The van der Waals surface area contributed by atoms with Gasteiger partial charge in [-0.25, -0.2) is 0 Å². The lowest BCUT2D eigenvalue weighted by Gasteiger charge is -2.25. The number of nitrogens with zero attached hydrogens (tertiary/aromatic N) is 1. The lowest BCUT2D eigenvalue weighted by Crippen LogP contribution is -2.45. The second-order valence-corrected chi connectivity index (χ2v) is 3.30. The van der Waals surface area contributed by atoms with Gasteiger partial charge in [0.1, 0.15) is 6.04 Å². The molecule has 2 amide bonds. The zero-order valence-corrected chi connectivity index (χ0v) is 8.81. The Labute approximate surface area is 88.7 Å². The normalized spacial score (nSPS) is 11.9. The second-order valence-electron chi connectivity index (χ2n) is 3.30. The van der Waals surface area contributed by atoms with Gasteiger partial charge in [0.05, 0.1) is 0 Å². The molecule has 1 atom stereocenters. The maximum absolute atomic E-state index is 11.4. The van der Waals surface area contributed by atoms with Gasteiger partial charge in [-0.05, 0) is 19.1 Å². The fourth-order valence-electron chi connectivity index (χ4n) is 1.39. The highest BCUT2D eigenvalue weighted by molar-refractivity contribution is 5.98. The van der Waals surface area contributed by atoms with Crippen molar-refractivity contribution in [2.24, 2.45) is 5.73 Å². The van der Waals surface area contributed by atoms with Crippen LogP contribution in [0.3, 0.4) is 0 Å². The van der Waals surface area contributed by atoms with Crippen LogP contribution < -0.4 is 10.6 Å². The van der Waals surface area contributed by atoms with Crippen LogP contribution in [0, 0.1) is 0 Å². The topological polar surface area (TPSA) is 63.4 Å². The monoisotopic (exact) mass is 206 g/mol. The Hall–Kier alpha value is -1.84. The molecule has 1 unspecified atom stereocenters. The van der Waals surface area contributed by atoms with Crippen LogP contribution in [0.2, 0.25) is 0 Å². The van der Waals surface area contributed by atoms with E-state index in [1.807, 2.05) is 6.07 Å². The van der Waals surface area contributed by atoms with Gasteiger partial charge in [-0.1, -0.05) is 18.2 Å². The number of hydrogen-bond acceptors (Lipinski definition) is 2. The second kappa shape index (κ2) is 4.59. The molecule has 1 rings (SSSR count). The molecule has 0 aliphatic rings. The summed E-state index contributed by atoms with van der Waals surface area (Å²) in [5, 5.41) is 0. The van der Waals surface area contributed by atoms with Crippen molar-refractivity contribution < 1.29 is 9.59 Å². The molecular formula is C11H14N2O2. The van der Waals surface area contributed by atoms with Crippen LogP contribution in [0.15, 0.2) is 30.3 Å². The minimum atomic E-state index is -0.634. The van der Waals surface area contributed by atoms with Crippen molar-refractivity contribution in [1.29, 1.82) is 0 Å². The number of carbonyl (C=O) groups is 2. The Morgan fingerprint density at radius 1 is 1.27 bits per heavy atom. The van der Waals surface area contributed by atoms with E-state index in [1.54, 1.807) is 31.2 Å². The minimum Gasteiger partial charge on any atom is -0.368 e. The number of carbonyl (C=O) groups excluding carboxylic acids is 2. The first-order valence-electron chi connectivity index (χ1n) is 4.68. The first-order valence-corrected chi connectivity index (χ1v) is 4.68. The number of para-hydroxylation sites is 1. The van der Waals surface area contributed by atoms with Crippen LogP contribution in [-0.2, 0) is 9.59 Å². The maximum Gasteiger partial charge on any atom is 0.240 e. The van der Waals surface area contributed by atoms with E-state index in [-0.39, 0.29) is 5.91 Å². The molecule has 0 saturated heterocycles. The summed E-state index contributed by atoms with van der Waals surface area (Å²) in [4.78, 5) is 23.8. The highest BCUT2D eigenvalue weighted by Crippen LogP contribution is 2.16. The average Bonchev–Trinajstić information content (AvgIpc) is 2.18. The Balaban J connectivity index is 3.04. The molecule has 4 nitrogen and oxygen atoms in total. The number of benzene rings is 1. The molecule has 0 bridgehead atoms. The van der Waals surface area contributed by atoms with E-state index in [1.165, 1.54) is 11.8 Å². The zero-order valence-electron chi connectivity index (χ0n) is 8.81. The smallest absolute Gasteiger partial charge is 0.240 e. The van der Waals surface area contributed by atoms with Crippen molar-refractivity contribution in [2.45, 2.75) is 19.9 Å². The molecule has 0 fully saturated rings. The molecule has 1 aromatic carbocycles. The summed E-state index contributed by atoms with van der Waals surface area (Å²) in [5.41, 5.74) is 5.86. The molecule has 0 aliphatic heterocycles. The SMILES string of the molecule is CC(=O)N(c1ccccc1)C(C)C(N)=O. The first kappa shape index (κ1) is 11.2. The van der Waals surface area contributed by atoms with Crippen LogP contribution in [-0.4, -0.2) is 17.9 Å². The molecule has 0 spiro atoms. The van der Waals surface area contributed by atoms with E-state index in [4.69, 9.17) is 5.73 Å². The van der Waals surface area contributed by atoms with Crippen molar-refractivity contribution >= 4 is 17.5 Å². The number of rotatable bonds is 3. The third-order valence-corrected chi connectivity index (χ3v) is 2.17. The Kier molecular flexibility index (Phi) is 3.44. The summed E-state index contributed by atoms with van der Waals surface area (Å²) in [6.45, 7) is 3.02. The van der Waals surface area contributed by atoms with Crippen LogP contribution in [0.1, 0.15) is 13.8 Å². The van der Waals surface area contributed by atoms with Gasteiger partial charge in [0, 0.05) is 12.6 Å². The molecule has 0 heterocycles. The summed E-state index contributed by atoms with van der Waals surface area (Å²) in [6, 6.07) is 8.35. The van der Waals surface area contributed by atoms with Crippen molar-refractivity contribution in [3.63, 3.8) is 0 Å². The maximum atomic E-state index is 11.4. The molecule has 0 aliphatic carbocycles. The summed E-state index contributed by atoms with van der Waals surface area (Å²) in [7, 11) is 0. The molecular weight excluding hydrogens is 192 g/mol. The lowest BCUT2D eigenvalue weighted by atomic mass is 10.2. The van der Waals surface area contributed by atoms with Crippen LogP contribution in [0.25, 0.3) is 0 Å². The predicted molar refractivity (Wildman–Crippen MR) is 58.3 cm³/mol. The van der Waals surface area contributed by atoms with E-state index >= 15 is 0 Å². The van der Waals surface area contributed by atoms with Crippen LogP contribution in [0.4, 0.5) is 5.69 Å². The summed E-state index contributed by atoms with van der Waals surface area (Å²) in [5.74, 6) is -0.721. The van der Waals surface area contributed by atoms with E-state index < -0.39 is 11.9 Å². The summed E-state index contributed by atoms with van der Waals surface area (Å²) in [6.07, 6.45) is 0. The summed E-state index contributed by atoms with van der Waals surface area (Å²) >= 11 is 0. The van der Waals surface area contributed by atoms with Crippen molar-refractivity contribution in [3.8, 4) is 0 Å². The van der Waals surface area contributed by atoms with Gasteiger partial charge in [-0.15, -0.1) is 0 Å². The van der Waals surface area contributed by atoms with E-state index in [0.29, 0.717) is 5.69 Å². The summed E-state index contributed by atoms with van der Waals surface area (Å²) < 4.78 is 0. The number of amides is 2. The molecule has 2 N–H and O–H groups in total. The number of anilines is 1. The Morgan fingerprint density at radius 2 is 1.80 bits per heavy atom. The largest absolute Gasteiger partial charge is 0.368 e. The molecule has 15 heavy (non-hydrogen) atoms. The van der Waals surface area contributed by atoms with Gasteiger partial charge in [-0.2, -0.15) is 0 Å². The van der Waals surface area contributed by atoms with Crippen molar-refractivity contribution in [3.05, 3.63) is 30.3 Å². The molecule has 4 heteroatoms. The van der Waals surface area contributed by atoms with Crippen LogP contribution >= 0.6 is 0 Å². The van der Waals surface area contributed by atoms with Crippen LogP contribution in [0.5, 0.6) is 0 Å². The van der Waals surface area contributed by atoms with Gasteiger partial charge in [0.25, 0.3) is 0 Å². The molecule has 0 radical (unpaired) electrons. The number of hydrogen-bond donors (Lipinski definition) is 1. The molecule has 1 aromatic rings. The molecule has 80 valence electrons. The minimum absolute atomic E-state index is 0.201. The highest BCUT2D eigenvalue weighted by Gasteiger charge is 2.22. The van der Waals surface area contributed by atoms with Gasteiger partial charge in [-0.3, -0.25) is 9.59 Å². The fraction of sp³-hybridized carbons (Fsp3) is 0.273. The first-order chi connectivity index (χ1) is 7.04. The van der Waals surface area contributed by atoms with Gasteiger partial charge in [0.15, 0.2) is 0 Å². The lowest BCUT2D eigenvalue weighted by molar-refractivity contribution is -0.123. The van der Waals surface area contributed by atoms with E-state index in [9.17, 15) is 9.59 Å². The van der Waals surface area contributed by atoms with Gasteiger partial charge < -0.3 is 10.6 Å². The molecule has 0 aromatic heterocycles. The zero-order chi connectivity index (χ0) is 11.4. The third kappa shape index (κ3) is 2.56. The average molecular weight is 206 g/mol. The number of nitrogens with two attached hydrogens (primary N) is 1. The standard InChI is InChI=1S/C11H14N2O2/c1-8(11(12)15)13(9(2)14)10-6-4-3-5-7-10/h3-8H,1-2H3,(H2,12,15). The third-order valence-electron chi connectivity index (χ3n) is 2.17. The fourth-order valence-corrected chi connectivity index (χ4v) is 1.39.